The maximum atomic E-state index is 12.9. The smallest absolute Gasteiger partial charge is 0.123 e. The first-order chi connectivity index (χ1) is 8.02. The van der Waals surface area contributed by atoms with Gasteiger partial charge in [-0.2, -0.15) is 0 Å². The summed E-state index contributed by atoms with van der Waals surface area (Å²) in [6.45, 7) is 7.39. The predicted molar refractivity (Wildman–Crippen MR) is 71.4 cm³/mol. The number of benzene rings is 1. The van der Waals surface area contributed by atoms with Gasteiger partial charge in [-0.25, -0.2) is 4.39 Å². The van der Waals surface area contributed by atoms with Crippen molar-refractivity contribution in [2.75, 3.05) is 6.54 Å². The molecule has 1 aromatic carbocycles. The summed E-state index contributed by atoms with van der Waals surface area (Å²) in [6.07, 6.45) is 2.30. The molecule has 0 saturated carbocycles. The van der Waals surface area contributed by atoms with Gasteiger partial charge in [0.15, 0.2) is 0 Å². The fourth-order valence-electron chi connectivity index (χ4n) is 2.49. The number of nitrogens with two attached hydrogens (primary N) is 1. The summed E-state index contributed by atoms with van der Waals surface area (Å²) in [5.41, 5.74) is 6.99. The first-order valence-corrected chi connectivity index (χ1v) is 6.48. The van der Waals surface area contributed by atoms with E-state index in [-0.39, 0.29) is 5.82 Å². The average molecular weight is 237 g/mol. The SMILES string of the molecule is CC(C)CC(C)CC(CN)c1ccc(F)cc1. The number of hydrogen-bond acceptors (Lipinski definition) is 1. The third-order valence-corrected chi connectivity index (χ3v) is 3.19. The minimum Gasteiger partial charge on any atom is -0.330 e. The van der Waals surface area contributed by atoms with Crippen LogP contribution < -0.4 is 5.73 Å². The van der Waals surface area contributed by atoms with Gasteiger partial charge in [0.05, 0.1) is 0 Å². The van der Waals surface area contributed by atoms with Crippen molar-refractivity contribution in [1.29, 1.82) is 0 Å². The lowest BCUT2D eigenvalue weighted by Gasteiger charge is -2.21. The van der Waals surface area contributed by atoms with Gasteiger partial charge < -0.3 is 5.73 Å². The Morgan fingerprint density at radius 3 is 2.12 bits per heavy atom. The van der Waals surface area contributed by atoms with Gasteiger partial charge in [-0.1, -0.05) is 32.9 Å². The molecule has 0 heterocycles. The molecule has 2 heteroatoms. The van der Waals surface area contributed by atoms with Crippen molar-refractivity contribution in [3.8, 4) is 0 Å². The summed E-state index contributed by atoms with van der Waals surface area (Å²) >= 11 is 0. The molecule has 0 aliphatic heterocycles. The Labute approximate surface area is 104 Å². The molecular weight excluding hydrogens is 213 g/mol. The van der Waals surface area contributed by atoms with Crippen LogP contribution in [0.5, 0.6) is 0 Å². The van der Waals surface area contributed by atoms with Crippen LogP contribution >= 0.6 is 0 Å². The van der Waals surface area contributed by atoms with E-state index in [0.717, 1.165) is 17.9 Å². The van der Waals surface area contributed by atoms with Crippen LogP contribution in [0.1, 0.15) is 45.1 Å². The van der Waals surface area contributed by atoms with Crippen LogP contribution in [0.2, 0.25) is 0 Å². The molecule has 2 N–H and O–H groups in total. The van der Waals surface area contributed by atoms with Crippen molar-refractivity contribution in [3.05, 3.63) is 35.6 Å². The summed E-state index contributed by atoms with van der Waals surface area (Å²) in [5, 5.41) is 0. The highest BCUT2D eigenvalue weighted by molar-refractivity contribution is 5.20. The Bertz CT molecular complexity index is 318. The van der Waals surface area contributed by atoms with Crippen LogP contribution in [0.4, 0.5) is 4.39 Å². The highest BCUT2D eigenvalue weighted by Gasteiger charge is 2.15. The largest absolute Gasteiger partial charge is 0.330 e. The Morgan fingerprint density at radius 1 is 1.06 bits per heavy atom. The van der Waals surface area contributed by atoms with Crippen molar-refractivity contribution < 1.29 is 4.39 Å². The quantitative estimate of drug-likeness (QED) is 0.796. The monoisotopic (exact) mass is 237 g/mol. The minimum atomic E-state index is -0.181. The second kappa shape index (κ2) is 6.75. The van der Waals surface area contributed by atoms with Crippen molar-refractivity contribution in [1.82, 2.24) is 0 Å². The fourth-order valence-corrected chi connectivity index (χ4v) is 2.49. The lowest BCUT2D eigenvalue weighted by atomic mass is 9.86. The van der Waals surface area contributed by atoms with Gasteiger partial charge in [-0.3, -0.25) is 0 Å². The topological polar surface area (TPSA) is 26.0 Å². The van der Waals surface area contributed by atoms with E-state index in [1.54, 1.807) is 0 Å². The zero-order chi connectivity index (χ0) is 12.8. The molecule has 1 aromatic rings. The van der Waals surface area contributed by atoms with Gasteiger partial charge in [0.1, 0.15) is 5.82 Å². The minimum absolute atomic E-state index is 0.181. The Morgan fingerprint density at radius 2 is 1.65 bits per heavy atom. The van der Waals surface area contributed by atoms with Gasteiger partial charge >= 0.3 is 0 Å². The van der Waals surface area contributed by atoms with Crippen molar-refractivity contribution in [2.45, 2.75) is 39.5 Å². The summed E-state index contributed by atoms with van der Waals surface area (Å²) in [6, 6.07) is 6.75. The molecule has 0 spiro atoms. The van der Waals surface area contributed by atoms with Crippen LogP contribution in [0.15, 0.2) is 24.3 Å². The van der Waals surface area contributed by atoms with Crippen LogP contribution in [0, 0.1) is 17.7 Å². The molecule has 2 atom stereocenters. The molecule has 0 bridgehead atoms. The van der Waals surface area contributed by atoms with Gasteiger partial charge in [0.2, 0.25) is 0 Å². The van der Waals surface area contributed by atoms with Gasteiger partial charge in [-0.05, 0) is 54.8 Å². The molecule has 17 heavy (non-hydrogen) atoms. The number of rotatable bonds is 6. The van der Waals surface area contributed by atoms with Crippen molar-refractivity contribution in [2.24, 2.45) is 17.6 Å². The predicted octanol–water partition coefficient (Wildman–Crippen LogP) is 3.94. The number of halogens is 1. The first-order valence-electron chi connectivity index (χ1n) is 6.48. The van der Waals surface area contributed by atoms with Gasteiger partial charge in [-0.15, -0.1) is 0 Å². The zero-order valence-electron chi connectivity index (χ0n) is 11.1. The van der Waals surface area contributed by atoms with E-state index >= 15 is 0 Å². The van der Waals surface area contributed by atoms with E-state index in [9.17, 15) is 4.39 Å². The molecule has 0 aromatic heterocycles. The molecular formula is C15H24FN. The molecule has 0 saturated heterocycles. The fraction of sp³-hybridized carbons (Fsp3) is 0.600. The average Bonchev–Trinajstić information content (AvgIpc) is 2.26. The van der Waals surface area contributed by atoms with E-state index in [1.807, 2.05) is 12.1 Å². The highest BCUT2D eigenvalue weighted by atomic mass is 19.1. The van der Waals surface area contributed by atoms with E-state index in [4.69, 9.17) is 5.73 Å². The maximum absolute atomic E-state index is 12.9. The van der Waals surface area contributed by atoms with E-state index in [0.29, 0.717) is 18.4 Å². The molecule has 1 nitrogen and oxygen atoms in total. The van der Waals surface area contributed by atoms with Gasteiger partial charge in [0.25, 0.3) is 0 Å². The molecule has 2 unspecified atom stereocenters. The molecule has 0 amide bonds. The Hall–Kier alpha value is -0.890. The van der Waals surface area contributed by atoms with Crippen LogP contribution in [-0.2, 0) is 0 Å². The van der Waals surface area contributed by atoms with Crippen molar-refractivity contribution >= 4 is 0 Å². The first kappa shape index (κ1) is 14.2. The standard InChI is InChI=1S/C15H24FN/c1-11(2)8-12(3)9-14(10-17)13-4-6-15(16)7-5-13/h4-7,11-12,14H,8-10,17H2,1-3H3. The highest BCUT2D eigenvalue weighted by Crippen LogP contribution is 2.26. The van der Waals surface area contributed by atoms with Crippen LogP contribution in [0.25, 0.3) is 0 Å². The lowest BCUT2D eigenvalue weighted by molar-refractivity contribution is 0.386. The summed E-state index contributed by atoms with van der Waals surface area (Å²) in [7, 11) is 0. The second-order valence-corrected chi connectivity index (χ2v) is 5.45. The summed E-state index contributed by atoms with van der Waals surface area (Å²) in [5.74, 6) is 1.55. The molecule has 0 aliphatic rings. The third-order valence-electron chi connectivity index (χ3n) is 3.19. The maximum Gasteiger partial charge on any atom is 0.123 e. The summed E-state index contributed by atoms with van der Waals surface area (Å²) < 4.78 is 12.9. The summed E-state index contributed by atoms with van der Waals surface area (Å²) in [4.78, 5) is 0. The normalized spacial score (nSPS) is 14.9. The van der Waals surface area contributed by atoms with Crippen molar-refractivity contribution in [3.63, 3.8) is 0 Å². The Balaban J connectivity index is 2.62. The third kappa shape index (κ3) is 4.86. The molecule has 96 valence electrons. The van der Waals surface area contributed by atoms with Crippen LogP contribution in [0.3, 0.4) is 0 Å². The van der Waals surface area contributed by atoms with E-state index in [2.05, 4.69) is 20.8 Å². The molecule has 1 rings (SSSR count). The molecule has 0 fully saturated rings. The Kier molecular flexibility index (Phi) is 5.63. The van der Waals surface area contributed by atoms with Gasteiger partial charge in [0, 0.05) is 0 Å². The van der Waals surface area contributed by atoms with E-state index < -0.39 is 0 Å². The van der Waals surface area contributed by atoms with E-state index in [1.165, 1.54) is 18.6 Å². The second-order valence-electron chi connectivity index (χ2n) is 5.45. The molecule has 0 aliphatic carbocycles. The zero-order valence-corrected chi connectivity index (χ0v) is 11.1. The molecule has 0 radical (unpaired) electrons. The lowest BCUT2D eigenvalue weighted by Crippen LogP contribution is -2.16. The van der Waals surface area contributed by atoms with Crippen LogP contribution in [-0.4, -0.2) is 6.54 Å². The number of hydrogen-bond donors (Lipinski definition) is 1.